The molecule has 4 rings (SSSR count). The van der Waals surface area contributed by atoms with Crippen LogP contribution >= 0.6 is 0 Å². The van der Waals surface area contributed by atoms with Gasteiger partial charge in [-0.25, -0.2) is 4.79 Å². The van der Waals surface area contributed by atoms with E-state index in [0.29, 0.717) is 44.3 Å². The summed E-state index contributed by atoms with van der Waals surface area (Å²) in [6.45, 7) is 0.940. The van der Waals surface area contributed by atoms with Crippen LogP contribution in [0.2, 0.25) is 0 Å². The fourth-order valence-corrected chi connectivity index (χ4v) is 4.56. The minimum atomic E-state index is -4.41. The van der Waals surface area contributed by atoms with Gasteiger partial charge in [0.2, 0.25) is 5.91 Å². The Kier molecular flexibility index (Phi) is 8.16. The number of likely N-dealkylation sites (tertiary alicyclic amines) is 1. The quantitative estimate of drug-likeness (QED) is 0.419. The standard InChI is InChI=1S/C29H29F3N2O3/c30-29(31,32)25-14-11-23(12-15-25)21-33-27(36)37-28(24-9-5-2-6-10-24)17-19-34(20-18-28)26(35)16-13-22-7-3-1-4-8-22/h1-12,14-15H,13,16-21H2,(H,33,36). The molecule has 37 heavy (non-hydrogen) atoms. The lowest BCUT2D eigenvalue weighted by Gasteiger charge is -2.41. The molecule has 1 N–H and O–H groups in total. The Labute approximate surface area is 214 Å². The lowest BCUT2D eigenvalue weighted by molar-refractivity contribution is -0.138. The molecule has 0 aliphatic carbocycles. The minimum Gasteiger partial charge on any atom is -0.438 e. The summed E-state index contributed by atoms with van der Waals surface area (Å²) in [4.78, 5) is 27.4. The van der Waals surface area contributed by atoms with Crippen LogP contribution in [0.3, 0.4) is 0 Å². The Bertz CT molecular complexity index is 1170. The number of nitrogens with one attached hydrogen (secondary N) is 1. The number of carbonyl (C=O) groups is 2. The summed E-state index contributed by atoms with van der Waals surface area (Å²) in [5.74, 6) is 0.0669. The number of amides is 2. The minimum absolute atomic E-state index is 0.0337. The van der Waals surface area contributed by atoms with Crippen molar-refractivity contribution in [1.29, 1.82) is 0 Å². The number of aryl methyl sites for hydroxylation is 1. The summed E-state index contributed by atoms with van der Waals surface area (Å²) in [5, 5.41) is 2.65. The Morgan fingerprint density at radius 3 is 2.03 bits per heavy atom. The SMILES string of the molecule is O=C(NCc1ccc(C(F)(F)F)cc1)OC1(c2ccccc2)CCN(C(=O)CCc2ccccc2)CC1. The van der Waals surface area contributed by atoms with Crippen LogP contribution < -0.4 is 5.32 Å². The van der Waals surface area contributed by atoms with Gasteiger partial charge in [0.1, 0.15) is 5.60 Å². The van der Waals surface area contributed by atoms with Crippen molar-refractivity contribution in [2.45, 2.75) is 44.0 Å². The Balaban J connectivity index is 1.36. The van der Waals surface area contributed by atoms with Crippen LogP contribution in [0.5, 0.6) is 0 Å². The zero-order valence-corrected chi connectivity index (χ0v) is 20.3. The first-order valence-corrected chi connectivity index (χ1v) is 12.3. The maximum Gasteiger partial charge on any atom is 0.416 e. The number of carbonyl (C=O) groups excluding carboxylic acids is 2. The summed E-state index contributed by atoms with van der Waals surface area (Å²) < 4.78 is 44.3. The zero-order chi connectivity index (χ0) is 26.3. The third-order valence-electron chi connectivity index (χ3n) is 6.70. The van der Waals surface area contributed by atoms with Gasteiger partial charge in [-0.05, 0) is 35.2 Å². The first-order chi connectivity index (χ1) is 17.7. The van der Waals surface area contributed by atoms with Gasteiger partial charge < -0.3 is 15.0 Å². The molecule has 194 valence electrons. The molecule has 0 atom stereocenters. The van der Waals surface area contributed by atoms with E-state index >= 15 is 0 Å². The van der Waals surface area contributed by atoms with Gasteiger partial charge in [-0.15, -0.1) is 0 Å². The molecule has 8 heteroatoms. The number of alkyl carbamates (subject to hydrolysis) is 1. The number of ether oxygens (including phenoxy) is 1. The lowest BCUT2D eigenvalue weighted by Crippen LogP contribution is -2.48. The predicted molar refractivity (Wildman–Crippen MR) is 133 cm³/mol. The van der Waals surface area contributed by atoms with Crippen LogP contribution in [0, 0.1) is 0 Å². The van der Waals surface area contributed by atoms with Gasteiger partial charge in [0.15, 0.2) is 0 Å². The summed E-state index contributed by atoms with van der Waals surface area (Å²) in [6, 6.07) is 23.9. The fourth-order valence-electron chi connectivity index (χ4n) is 4.56. The maximum absolute atomic E-state index is 12.8. The van der Waals surface area contributed by atoms with E-state index < -0.39 is 23.4 Å². The van der Waals surface area contributed by atoms with Crippen LogP contribution in [0.25, 0.3) is 0 Å². The monoisotopic (exact) mass is 510 g/mol. The van der Waals surface area contributed by atoms with Crippen LogP contribution in [0.4, 0.5) is 18.0 Å². The fraction of sp³-hybridized carbons (Fsp3) is 0.310. The van der Waals surface area contributed by atoms with Crippen molar-refractivity contribution in [3.05, 3.63) is 107 Å². The summed E-state index contributed by atoms with van der Waals surface area (Å²) in [5.41, 5.74) is 0.835. The second kappa shape index (κ2) is 11.5. The molecule has 1 aliphatic heterocycles. The van der Waals surface area contributed by atoms with Crippen LogP contribution in [0.15, 0.2) is 84.9 Å². The smallest absolute Gasteiger partial charge is 0.416 e. The second-order valence-corrected chi connectivity index (χ2v) is 9.16. The Morgan fingerprint density at radius 2 is 1.43 bits per heavy atom. The van der Waals surface area contributed by atoms with Gasteiger partial charge in [0, 0.05) is 38.9 Å². The molecule has 0 saturated carbocycles. The van der Waals surface area contributed by atoms with Gasteiger partial charge in [-0.1, -0.05) is 72.8 Å². The zero-order valence-electron chi connectivity index (χ0n) is 20.3. The largest absolute Gasteiger partial charge is 0.438 e. The molecule has 2 amide bonds. The van der Waals surface area contributed by atoms with Crippen molar-refractivity contribution < 1.29 is 27.5 Å². The number of benzene rings is 3. The van der Waals surface area contributed by atoms with Gasteiger partial charge in [0.05, 0.1) is 5.56 Å². The highest BCUT2D eigenvalue weighted by molar-refractivity contribution is 5.76. The average molecular weight is 511 g/mol. The maximum atomic E-state index is 12.8. The van der Waals surface area contributed by atoms with Crippen molar-refractivity contribution in [3.8, 4) is 0 Å². The lowest BCUT2D eigenvalue weighted by atomic mass is 9.84. The van der Waals surface area contributed by atoms with E-state index in [0.717, 1.165) is 23.3 Å². The molecule has 0 spiro atoms. The Hall–Kier alpha value is -3.81. The topological polar surface area (TPSA) is 58.6 Å². The Morgan fingerprint density at radius 1 is 0.838 bits per heavy atom. The van der Waals surface area contributed by atoms with Crippen molar-refractivity contribution in [2.24, 2.45) is 0 Å². The van der Waals surface area contributed by atoms with Crippen molar-refractivity contribution in [3.63, 3.8) is 0 Å². The third-order valence-corrected chi connectivity index (χ3v) is 6.70. The van der Waals surface area contributed by atoms with E-state index in [-0.39, 0.29) is 12.5 Å². The molecule has 1 fully saturated rings. The van der Waals surface area contributed by atoms with Gasteiger partial charge >= 0.3 is 12.3 Å². The molecule has 0 aromatic heterocycles. The molecule has 3 aromatic rings. The molecule has 5 nitrogen and oxygen atoms in total. The van der Waals surface area contributed by atoms with Crippen molar-refractivity contribution in [1.82, 2.24) is 10.2 Å². The normalized spacial score (nSPS) is 15.2. The van der Waals surface area contributed by atoms with E-state index in [1.54, 1.807) is 0 Å². The number of alkyl halides is 3. The molecule has 1 aliphatic rings. The highest BCUT2D eigenvalue weighted by Crippen LogP contribution is 2.37. The molecular formula is C29H29F3N2O3. The van der Waals surface area contributed by atoms with Gasteiger partial charge in [-0.2, -0.15) is 13.2 Å². The van der Waals surface area contributed by atoms with Crippen LogP contribution in [-0.4, -0.2) is 30.0 Å². The van der Waals surface area contributed by atoms with Crippen molar-refractivity contribution in [2.75, 3.05) is 13.1 Å². The number of piperidine rings is 1. The number of hydrogen-bond acceptors (Lipinski definition) is 3. The molecule has 1 heterocycles. The predicted octanol–water partition coefficient (Wildman–Crippen LogP) is 6.08. The second-order valence-electron chi connectivity index (χ2n) is 9.16. The highest BCUT2D eigenvalue weighted by atomic mass is 19.4. The number of hydrogen-bond donors (Lipinski definition) is 1. The van der Waals surface area contributed by atoms with E-state index in [1.807, 2.05) is 65.6 Å². The van der Waals surface area contributed by atoms with Crippen LogP contribution in [-0.2, 0) is 34.3 Å². The summed E-state index contributed by atoms with van der Waals surface area (Å²) >= 11 is 0. The number of halogens is 3. The van der Waals surface area contributed by atoms with Gasteiger partial charge in [-0.3, -0.25) is 4.79 Å². The third kappa shape index (κ3) is 6.90. The molecule has 0 bridgehead atoms. The van der Waals surface area contributed by atoms with E-state index in [9.17, 15) is 22.8 Å². The number of nitrogens with zero attached hydrogens (tertiary/aromatic N) is 1. The summed E-state index contributed by atoms with van der Waals surface area (Å²) in [7, 11) is 0. The average Bonchev–Trinajstić information content (AvgIpc) is 2.92. The van der Waals surface area contributed by atoms with E-state index in [1.165, 1.54) is 12.1 Å². The first kappa shape index (κ1) is 26.3. The molecule has 1 saturated heterocycles. The van der Waals surface area contributed by atoms with Crippen LogP contribution in [0.1, 0.15) is 41.5 Å². The van der Waals surface area contributed by atoms with E-state index in [2.05, 4.69) is 5.32 Å². The molecule has 0 radical (unpaired) electrons. The molecular weight excluding hydrogens is 481 g/mol. The molecule has 0 unspecified atom stereocenters. The molecule has 3 aromatic carbocycles. The summed E-state index contributed by atoms with van der Waals surface area (Å²) in [6.07, 6.45) is -3.10. The van der Waals surface area contributed by atoms with Gasteiger partial charge in [0.25, 0.3) is 0 Å². The van der Waals surface area contributed by atoms with E-state index in [4.69, 9.17) is 4.74 Å². The number of rotatable bonds is 7. The highest BCUT2D eigenvalue weighted by Gasteiger charge is 2.41. The van der Waals surface area contributed by atoms with Crippen molar-refractivity contribution >= 4 is 12.0 Å². The first-order valence-electron chi connectivity index (χ1n) is 12.3.